The standard InChI is InChI=1S/C14H17Br2ClN4/c1-20(2)5-6-21-14(11(16)8-19-21)13(18)10-7-9(15)3-4-12(10)17/h3-4,7-8,13H,5-6,18H2,1-2H3. The fourth-order valence-electron chi connectivity index (χ4n) is 2.05. The van der Waals surface area contributed by atoms with Crippen molar-refractivity contribution < 1.29 is 0 Å². The van der Waals surface area contributed by atoms with Crippen molar-refractivity contribution in [2.75, 3.05) is 20.6 Å². The summed E-state index contributed by atoms with van der Waals surface area (Å²) in [5.41, 5.74) is 8.23. The van der Waals surface area contributed by atoms with Gasteiger partial charge in [0.05, 0.1) is 29.0 Å². The number of aromatic nitrogens is 2. The summed E-state index contributed by atoms with van der Waals surface area (Å²) < 4.78 is 3.77. The summed E-state index contributed by atoms with van der Waals surface area (Å²) in [6.07, 6.45) is 1.77. The van der Waals surface area contributed by atoms with E-state index in [-0.39, 0.29) is 6.04 Å². The molecule has 2 rings (SSSR count). The van der Waals surface area contributed by atoms with E-state index < -0.39 is 0 Å². The van der Waals surface area contributed by atoms with Crippen LogP contribution in [0.2, 0.25) is 5.02 Å². The van der Waals surface area contributed by atoms with Crippen molar-refractivity contribution in [1.29, 1.82) is 0 Å². The summed E-state index contributed by atoms with van der Waals surface area (Å²) in [4.78, 5) is 2.11. The van der Waals surface area contributed by atoms with Crippen LogP contribution in [0.15, 0.2) is 33.3 Å². The highest BCUT2D eigenvalue weighted by Gasteiger charge is 2.20. The van der Waals surface area contributed by atoms with Crippen molar-refractivity contribution in [3.63, 3.8) is 0 Å². The second-order valence-corrected chi connectivity index (χ2v) is 7.22. The first kappa shape index (κ1) is 17.0. The molecule has 0 amide bonds. The van der Waals surface area contributed by atoms with E-state index in [2.05, 4.69) is 41.9 Å². The van der Waals surface area contributed by atoms with Gasteiger partial charge in [0, 0.05) is 16.0 Å². The summed E-state index contributed by atoms with van der Waals surface area (Å²) in [7, 11) is 4.06. The molecule has 21 heavy (non-hydrogen) atoms. The zero-order valence-corrected chi connectivity index (χ0v) is 15.8. The van der Waals surface area contributed by atoms with E-state index in [1.165, 1.54) is 0 Å². The molecule has 0 bridgehead atoms. The van der Waals surface area contributed by atoms with E-state index in [0.29, 0.717) is 5.02 Å². The Morgan fingerprint density at radius 3 is 2.76 bits per heavy atom. The van der Waals surface area contributed by atoms with E-state index >= 15 is 0 Å². The maximum Gasteiger partial charge on any atom is 0.0749 e. The molecule has 0 saturated heterocycles. The Hall–Kier alpha value is -0.400. The molecule has 0 aliphatic carbocycles. The van der Waals surface area contributed by atoms with Crippen LogP contribution in [-0.4, -0.2) is 35.3 Å². The Kier molecular flexibility index (Phi) is 5.85. The molecule has 1 unspecified atom stereocenters. The number of nitrogens with two attached hydrogens (primary N) is 1. The summed E-state index contributed by atoms with van der Waals surface area (Å²) in [5, 5.41) is 5.05. The number of hydrogen-bond acceptors (Lipinski definition) is 3. The monoisotopic (exact) mass is 434 g/mol. The molecule has 1 aromatic heterocycles. The van der Waals surface area contributed by atoms with Gasteiger partial charge in [-0.25, -0.2) is 0 Å². The molecule has 7 heteroatoms. The van der Waals surface area contributed by atoms with Crippen LogP contribution < -0.4 is 5.73 Å². The maximum atomic E-state index is 6.43. The van der Waals surface area contributed by atoms with E-state index in [1.807, 2.05) is 37.0 Å². The lowest BCUT2D eigenvalue weighted by Crippen LogP contribution is -2.23. The number of benzene rings is 1. The predicted molar refractivity (Wildman–Crippen MR) is 93.7 cm³/mol. The lowest BCUT2D eigenvalue weighted by Gasteiger charge is -2.18. The maximum absolute atomic E-state index is 6.43. The van der Waals surface area contributed by atoms with Gasteiger partial charge in [-0.05, 0) is 53.8 Å². The van der Waals surface area contributed by atoms with Gasteiger partial charge in [0.15, 0.2) is 0 Å². The van der Waals surface area contributed by atoms with Gasteiger partial charge in [0.1, 0.15) is 0 Å². The van der Waals surface area contributed by atoms with E-state index in [9.17, 15) is 0 Å². The molecule has 4 nitrogen and oxygen atoms in total. The summed E-state index contributed by atoms with van der Waals surface area (Å²) in [6.45, 7) is 1.66. The number of nitrogens with zero attached hydrogens (tertiary/aromatic N) is 3. The Labute approximate surface area is 146 Å². The van der Waals surface area contributed by atoms with Crippen LogP contribution in [0.4, 0.5) is 0 Å². The van der Waals surface area contributed by atoms with Gasteiger partial charge in [-0.15, -0.1) is 0 Å². The summed E-state index contributed by atoms with van der Waals surface area (Å²) in [6, 6.07) is 5.35. The highest BCUT2D eigenvalue weighted by Crippen LogP contribution is 2.32. The molecule has 0 aliphatic rings. The summed E-state index contributed by atoms with van der Waals surface area (Å²) >= 11 is 13.3. The molecule has 1 heterocycles. The number of rotatable bonds is 5. The fourth-order valence-corrected chi connectivity index (χ4v) is 3.21. The van der Waals surface area contributed by atoms with Crippen molar-refractivity contribution >= 4 is 43.5 Å². The average Bonchev–Trinajstić information content (AvgIpc) is 2.79. The first-order valence-electron chi connectivity index (χ1n) is 6.46. The van der Waals surface area contributed by atoms with Crippen molar-refractivity contribution in [1.82, 2.24) is 14.7 Å². The van der Waals surface area contributed by atoms with Crippen molar-refractivity contribution in [2.45, 2.75) is 12.6 Å². The van der Waals surface area contributed by atoms with Crippen LogP contribution >= 0.6 is 43.5 Å². The zero-order chi connectivity index (χ0) is 15.6. The highest BCUT2D eigenvalue weighted by molar-refractivity contribution is 9.10. The van der Waals surface area contributed by atoms with Gasteiger partial charge in [0.25, 0.3) is 0 Å². The number of hydrogen-bond donors (Lipinski definition) is 1. The highest BCUT2D eigenvalue weighted by atomic mass is 79.9. The van der Waals surface area contributed by atoms with E-state index in [0.717, 1.165) is 33.3 Å². The van der Waals surface area contributed by atoms with E-state index in [1.54, 1.807) is 6.20 Å². The molecule has 2 aromatic rings. The Bertz CT molecular complexity index is 627. The lowest BCUT2D eigenvalue weighted by atomic mass is 10.0. The summed E-state index contributed by atoms with van der Waals surface area (Å²) in [5.74, 6) is 0. The van der Waals surface area contributed by atoms with Crippen LogP contribution in [0.3, 0.4) is 0 Å². The predicted octanol–water partition coefficient (Wildman–Crippen LogP) is 3.67. The van der Waals surface area contributed by atoms with Gasteiger partial charge in [0.2, 0.25) is 0 Å². The third-order valence-electron chi connectivity index (χ3n) is 3.18. The van der Waals surface area contributed by atoms with Gasteiger partial charge in [-0.3, -0.25) is 4.68 Å². The molecular weight excluding hydrogens is 419 g/mol. The molecule has 0 radical (unpaired) electrons. The topological polar surface area (TPSA) is 47.1 Å². The SMILES string of the molecule is CN(C)CCn1ncc(Br)c1C(N)c1cc(Br)ccc1Cl. The zero-order valence-electron chi connectivity index (χ0n) is 11.9. The molecular formula is C14H17Br2ClN4. The molecule has 0 saturated carbocycles. The van der Waals surface area contributed by atoms with Crippen molar-refractivity contribution in [2.24, 2.45) is 5.73 Å². The molecule has 2 N–H and O–H groups in total. The van der Waals surface area contributed by atoms with Crippen LogP contribution in [0.5, 0.6) is 0 Å². The second-order valence-electron chi connectivity index (χ2n) is 5.05. The van der Waals surface area contributed by atoms with Crippen LogP contribution in [0.1, 0.15) is 17.3 Å². The van der Waals surface area contributed by atoms with Gasteiger partial charge in [-0.2, -0.15) is 5.10 Å². The van der Waals surface area contributed by atoms with Crippen molar-refractivity contribution in [3.8, 4) is 0 Å². The average molecular weight is 437 g/mol. The molecule has 0 spiro atoms. The van der Waals surface area contributed by atoms with Gasteiger partial charge in [-0.1, -0.05) is 27.5 Å². The lowest BCUT2D eigenvalue weighted by molar-refractivity contribution is 0.368. The van der Waals surface area contributed by atoms with Gasteiger partial charge < -0.3 is 10.6 Å². The van der Waals surface area contributed by atoms with Crippen LogP contribution in [-0.2, 0) is 6.54 Å². The molecule has 0 fully saturated rings. The normalized spacial score (nSPS) is 12.9. The number of halogens is 3. The molecule has 114 valence electrons. The van der Waals surface area contributed by atoms with Crippen LogP contribution in [0, 0.1) is 0 Å². The quantitative estimate of drug-likeness (QED) is 0.778. The first-order chi connectivity index (χ1) is 9.90. The third kappa shape index (κ3) is 4.07. The van der Waals surface area contributed by atoms with E-state index in [4.69, 9.17) is 17.3 Å². The molecule has 1 aromatic carbocycles. The molecule has 0 aliphatic heterocycles. The minimum absolute atomic E-state index is 0.339. The fraction of sp³-hybridized carbons (Fsp3) is 0.357. The Morgan fingerprint density at radius 1 is 1.38 bits per heavy atom. The largest absolute Gasteiger partial charge is 0.319 e. The Balaban J connectivity index is 2.36. The minimum Gasteiger partial charge on any atom is -0.319 e. The van der Waals surface area contributed by atoms with Gasteiger partial charge >= 0.3 is 0 Å². The second kappa shape index (κ2) is 7.24. The minimum atomic E-state index is -0.339. The molecule has 1 atom stereocenters. The Morgan fingerprint density at radius 2 is 2.10 bits per heavy atom. The smallest absolute Gasteiger partial charge is 0.0749 e. The van der Waals surface area contributed by atoms with Crippen LogP contribution in [0.25, 0.3) is 0 Å². The first-order valence-corrected chi connectivity index (χ1v) is 8.43. The van der Waals surface area contributed by atoms with Crippen molar-refractivity contribution in [3.05, 3.63) is 49.6 Å². The third-order valence-corrected chi connectivity index (χ3v) is 4.63. The number of likely N-dealkylation sites (N-methyl/N-ethyl adjacent to an activating group) is 1.